The van der Waals surface area contributed by atoms with Gasteiger partial charge in [-0.05, 0) is 35.0 Å². The van der Waals surface area contributed by atoms with Crippen molar-refractivity contribution in [2.45, 2.75) is 4.21 Å². The van der Waals surface area contributed by atoms with Crippen molar-refractivity contribution in [1.29, 1.82) is 0 Å². The standard InChI is InChI=1S/C22H19N3O3S3/c26-22(24-9-11-25(12-10-24)31(27,28)21-8-4-14-30-21)17-15-19(20-7-3-13-29-20)23-18-6-2-1-5-16(17)18/h1-8,13-15H,9-12H2. The molecule has 1 amide bonds. The zero-order chi connectivity index (χ0) is 21.4. The predicted molar refractivity (Wildman–Crippen MR) is 124 cm³/mol. The van der Waals surface area contributed by atoms with Gasteiger partial charge in [-0.3, -0.25) is 4.79 Å². The van der Waals surface area contributed by atoms with Gasteiger partial charge in [-0.1, -0.05) is 30.3 Å². The Balaban J connectivity index is 1.42. The lowest BCUT2D eigenvalue weighted by Gasteiger charge is -2.34. The average molecular weight is 470 g/mol. The van der Waals surface area contributed by atoms with E-state index >= 15 is 0 Å². The Morgan fingerprint density at radius 3 is 2.35 bits per heavy atom. The Morgan fingerprint density at radius 1 is 0.903 bits per heavy atom. The molecule has 0 N–H and O–H groups in total. The second kappa shape index (κ2) is 8.16. The molecule has 0 bridgehead atoms. The van der Waals surface area contributed by atoms with Crippen molar-refractivity contribution in [3.05, 3.63) is 70.9 Å². The first-order valence-corrected chi connectivity index (χ1v) is 13.0. The maximum atomic E-state index is 13.5. The Kier molecular flexibility index (Phi) is 5.35. The third-order valence-corrected chi connectivity index (χ3v) is 9.50. The molecule has 1 aliphatic heterocycles. The molecule has 4 heterocycles. The third-order valence-electron chi connectivity index (χ3n) is 5.34. The summed E-state index contributed by atoms with van der Waals surface area (Å²) >= 11 is 2.80. The summed E-state index contributed by atoms with van der Waals surface area (Å²) in [7, 11) is -3.50. The number of sulfonamides is 1. The summed E-state index contributed by atoms with van der Waals surface area (Å²) in [5.74, 6) is -0.0930. The van der Waals surface area contributed by atoms with E-state index in [-0.39, 0.29) is 19.0 Å². The molecule has 6 nitrogen and oxygen atoms in total. The lowest BCUT2D eigenvalue weighted by Crippen LogP contribution is -2.50. The highest BCUT2D eigenvalue weighted by molar-refractivity contribution is 7.91. The molecule has 0 spiro atoms. The summed E-state index contributed by atoms with van der Waals surface area (Å²) in [5, 5.41) is 4.55. The van der Waals surface area contributed by atoms with Crippen molar-refractivity contribution < 1.29 is 13.2 Å². The number of rotatable bonds is 4. The van der Waals surface area contributed by atoms with Crippen LogP contribution in [-0.4, -0.2) is 54.7 Å². The van der Waals surface area contributed by atoms with Crippen LogP contribution in [0.5, 0.6) is 0 Å². The Hall–Kier alpha value is -2.59. The van der Waals surface area contributed by atoms with Crippen LogP contribution in [0, 0.1) is 0 Å². The minimum Gasteiger partial charge on any atom is -0.336 e. The third kappa shape index (κ3) is 3.78. The molecule has 0 aliphatic carbocycles. The normalized spacial score (nSPS) is 15.4. The number of hydrogen-bond acceptors (Lipinski definition) is 6. The second-order valence-corrected chi connectivity index (χ2v) is 11.2. The van der Waals surface area contributed by atoms with Gasteiger partial charge in [-0.25, -0.2) is 13.4 Å². The van der Waals surface area contributed by atoms with Gasteiger partial charge in [-0.15, -0.1) is 22.7 Å². The fraction of sp³-hybridized carbons (Fsp3) is 0.182. The van der Waals surface area contributed by atoms with E-state index in [1.165, 1.54) is 15.6 Å². The van der Waals surface area contributed by atoms with Gasteiger partial charge in [0.2, 0.25) is 0 Å². The molecule has 1 saturated heterocycles. The molecular weight excluding hydrogens is 450 g/mol. The number of thiophene rings is 2. The number of aromatic nitrogens is 1. The summed E-state index contributed by atoms with van der Waals surface area (Å²) < 4.78 is 27.3. The molecule has 0 atom stereocenters. The monoisotopic (exact) mass is 469 g/mol. The molecule has 0 saturated carbocycles. The second-order valence-electron chi connectivity index (χ2n) is 7.18. The van der Waals surface area contributed by atoms with E-state index < -0.39 is 10.0 Å². The average Bonchev–Trinajstić information content (AvgIpc) is 3.53. The van der Waals surface area contributed by atoms with Crippen LogP contribution in [0.15, 0.2) is 69.6 Å². The predicted octanol–water partition coefficient (Wildman–Crippen LogP) is 4.17. The fourth-order valence-corrected chi connectivity index (χ4v) is 7.00. The van der Waals surface area contributed by atoms with Gasteiger partial charge in [0, 0.05) is 31.6 Å². The number of amides is 1. The molecule has 3 aromatic heterocycles. The van der Waals surface area contributed by atoms with Gasteiger partial charge in [0.15, 0.2) is 0 Å². The Bertz CT molecular complexity index is 1330. The summed E-state index contributed by atoms with van der Waals surface area (Å²) in [6.07, 6.45) is 0. The number of carbonyl (C=O) groups is 1. The topological polar surface area (TPSA) is 70.6 Å². The van der Waals surface area contributed by atoms with Crippen molar-refractivity contribution in [2.24, 2.45) is 0 Å². The van der Waals surface area contributed by atoms with E-state index in [0.717, 1.165) is 21.5 Å². The smallest absolute Gasteiger partial charge is 0.254 e. The van der Waals surface area contributed by atoms with E-state index in [1.54, 1.807) is 33.7 Å². The number of para-hydroxylation sites is 1. The van der Waals surface area contributed by atoms with Crippen LogP contribution >= 0.6 is 22.7 Å². The zero-order valence-corrected chi connectivity index (χ0v) is 18.9. The van der Waals surface area contributed by atoms with Gasteiger partial charge in [0.05, 0.1) is 21.7 Å². The summed E-state index contributed by atoms with van der Waals surface area (Å²) in [6, 6.07) is 16.8. The molecule has 31 heavy (non-hydrogen) atoms. The minimum absolute atomic E-state index is 0.0930. The summed E-state index contributed by atoms with van der Waals surface area (Å²) in [5.41, 5.74) is 2.15. The van der Waals surface area contributed by atoms with Gasteiger partial charge < -0.3 is 4.90 Å². The van der Waals surface area contributed by atoms with Crippen molar-refractivity contribution in [3.63, 3.8) is 0 Å². The molecule has 1 aliphatic rings. The number of piperazine rings is 1. The first-order chi connectivity index (χ1) is 15.0. The first-order valence-electron chi connectivity index (χ1n) is 9.80. The van der Waals surface area contributed by atoms with Crippen LogP contribution in [0.4, 0.5) is 0 Å². The highest BCUT2D eigenvalue weighted by Gasteiger charge is 2.31. The Morgan fingerprint density at radius 2 is 1.65 bits per heavy atom. The largest absolute Gasteiger partial charge is 0.336 e. The molecule has 158 valence electrons. The van der Waals surface area contributed by atoms with Crippen molar-refractivity contribution in [2.75, 3.05) is 26.2 Å². The number of nitrogens with zero attached hydrogens (tertiary/aromatic N) is 3. The molecule has 1 aromatic carbocycles. The highest BCUT2D eigenvalue weighted by Crippen LogP contribution is 2.29. The highest BCUT2D eigenvalue weighted by atomic mass is 32.2. The maximum Gasteiger partial charge on any atom is 0.254 e. The number of fused-ring (bicyclic) bond motifs is 1. The quantitative estimate of drug-likeness (QED) is 0.450. The minimum atomic E-state index is -3.50. The molecule has 4 aromatic rings. The van der Waals surface area contributed by atoms with Gasteiger partial charge >= 0.3 is 0 Å². The zero-order valence-electron chi connectivity index (χ0n) is 16.5. The fourth-order valence-electron chi connectivity index (χ4n) is 3.74. The lowest BCUT2D eigenvalue weighted by atomic mass is 10.1. The van der Waals surface area contributed by atoms with E-state index in [2.05, 4.69) is 0 Å². The molecule has 5 rings (SSSR count). The molecular formula is C22H19N3O3S3. The first kappa shape index (κ1) is 20.3. The lowest BCUT2D eigenvalue weighted by molar-refractivity contribution is 0.0700. The Labute approximate surface area is 188 Å². The van der Waals surface area contributed by atoms with Crippen LogP contribution in [0.25, 0.3) is 21.5 Å². The van der Waals surface area contributed by atoms with Gasteiger partial charge in [0.25, 0.3) is 15.9 Å². The van der Waals surface area contributed by atoms with Crippen LogP contribution in [-0.2, 0) is 10.0 Å². The summed E-state index contributed by atoms with van der Waals surface area (Å²) in [4.78, 5) is 20.9. The van der Waals surface area contributed by atoms with Crippen LogP contribution in [0.3, 0.4) is 0 Å². The summed E-state index contributed by atoms with van der Waals surface area (Å²) in [6.45, 7) is 1.28. The van der Waals surface area contributed by atoms with Gasteiger partial charge in [-0.2, -0.15) is 4.31 Å². The van der Waals surface area contributed by atoms with Crippen LogP contribution < -0.4 is 0 Å². The molecule has 0 unspecified atom stereocenters. The molecule has 1 fully saturated rings. The maximum absolute atomic E-state index is 13.5. The van der Waals surface area contributed by atoms with E-state index in [0.29, 0.717) is 22.9 Å². The number of pyridine rings is 1. The van der Waals surface area contributed by atoms with Gasteiger partial charge in [0.1, 0.15) is 4.21 Å². The van der Waals surface area contributed by atoms with Crippen molar-refractivity contribution in [3.8, 4) is 10.6 Å². The van der Waals surface area contributed by atoms with Crippen molar-refractivity contribution in [1.82, 2.24) is 14.2 Å². The number of benzene rings is 1. The number of hydrogen-bond donors (Lipinski definition) is 0. The molecule has 9 heteroatoms. The number of carbonyl (C=O) groups excluding carboxylic acids is 1. The van der Waals surface area contributed by atoms with E-state index in [1.807, 2.05) is 47.8 Å². The van der Waals surface area contributed by atoms with Crippen LogP contribution in [0.2, 0.25) is 0 Å². The van der Waals surface area contributed by atoms with Crippen molar-refractivity contribution >= 4 is 49.5 Å². The van der Waals surface area contributed by atoms with Crippen LogP contribution in [0.1, 0.15) is 10.4 Å². The van der Waals surface area contributed by atoms with E-state index in [9.17, 15) is 13.2 Å². The SMILES string of the molecule is O=C(c1cc(-c2cccs2)nc2ccccc12)N1CCN(S(=O)(=O)c2cccs2)CC1. The molecule has 0 radical (unpaired) electrons. The van der Waals surface area contributed by atoms with E-state index in [4.69, 9.17) is 4.98 Å².